The maximum atomic E-state index is 12.0. The predicted octanol–water partition coefficient (Wildman–Crippen LogP) is 5.05. The van der Waals surface area contributed by atoms with Gasteiger partial charge in [-0.05, 0) is 30.5 Å². The summed E-state index contributed by atoms with van der Waals surface area (Å²) >= 11 is 4.99. The van der Waals surface area contributed by atoms with Crippen molar-refractivity contribution in [2.24, 2.45) is 0 Å². The van der Waals surface area contributed by atoms with Gasteiger partial charge in [-0.25, -0.2) is 4.98 Å². The number of benzene rings is 1. The molecule has 118 valence electrons. The first kappa shape index (κ1) is 16.2. The number of thiazole rings is 1. The van der Waals surface area contributed by atoms with Crippen LogP contribution in [0.2, 0.25) is 0 Å². The molecule has 0 unspecified atom stereocenters. The van der Waals surface area contributed by atoms with Gasteiger partial charge in [0.1, 0.15) is 0 Å². The monoisotopic (exact) mass is 360 g/mol. The third kappa shape index (κ3) is 4.67. The molecule has 6 heteroatoms. The zero-order valence-electron chi connectivity index (χ0n) is 12.6. The molecule has 3 aromatic rings. The first-order valence-electron chi connectivity index (χ1n) is 7.13. The second kappa shape index (κ2) is 7.77. The zero-order chi connectivity index (χ0) is 16.1. The second-order valence-electron chi connectivity index (χ2n) is 4.95. The Morgan fingerprint density at radius 1 is 1.22 bits per heavy atom. The molecule has 0 saturated heterocycles. The number of amides is 1. The first-order chi connectivity index (χ1) is 11.2. The Morgan fingerprint density at radius 3 is 2.70 bits per heavy atom. The van der Waals surface area contributed by atoms with Gasteiger partial charge in [0.25, 0.3) is 0 Å². The number of nitrogens with one attached hydrogen (secondary N) is 1. The van der Waals surface area contributed by atoms with Crippen molar-refractivity contribution in [3.05, 3.63) is 57.0 Å². The number of carbonyl (C=O) groups is 1. The third-order valence-corrected chi connectivity index (χ3v) is 5.96. The maximum absolute atomic E-state index is 12.0. The highest BCUT2D eigenvalue weighted by Gasteiger charge is 2.05. The zero-order valence-corrected chi connectivity index (χ0v) is 15.1. The quantitative estimate of drug-likeness (QED) is 0.669. The molecule has 3 nitrogen and oxygen atoms in total. The Balaban J connectivity index is 1.50. The molecule has 0 spiro atoms. The molecule has 1 aromatic carbocycles. The Hall–Kier alpha value is -1.63. The summed E-state index contributed by atoms with van der Waals surface area (Å²) in [6.45, 7) is 2.00. The molecule has 0 atom stereocenters. The standard InChI is InChI=1S/C17H16N2OS3/c1-12-18-16(10-23-12)13-4-6-14(7-5-13)19-17(20)11-21-9-15-3-2-8-22-15/h2-8,10H,9,11H2,1H3,(H,19,20). The fourth-order valence-corrected chi connectivity index (χ4v) is 4.35. The largest absolute Gasteiger partial charge is 0.325 e. The van der Waals surface area contributed by atoms with Crippen LogP contribution in [0.3, 0.4) is 0 Å². The van der Waals surface area contributed by atoms with E-state index in [9.17, 15) is 4.79 Å². The van der Waals surface area contributed by atoms with Gasteiger partial charge in [0, 0.05) is 27.3 Å². The number of carbonyl (C=O) groups excluding carboxylic acids is 1. The molecule has 3 rings (SSSR count). The fraction of sp³-hybridized carbons (Fsp3) is 0.176. The van der Waals surface area contributed by atoms with Crippen LogP contribution in [0.1, 0.15) is 9.88 Å². The van der Waals surface area contributed by atoms with E-state index in [4.69, 9.17) is 0 Å². The van der Waals surface area contributed by atoms with Crippen molar-refractivity contribution in [1.29, 1.82) is 0 Å². The Morgan fingerprint density at radius 2 is 2.04 bits per heavy atom. The van der Waals surface area contributed by atoms with E-state index in [0.29, 0.717) is 5.75 Å². The van der Waals surface area contributed by atoms with E-state index in [1.807, 2.05) is 42.6 Å². The van der Waals surface area contributed by atoms with Crippen molar-refractivity contribution in [3.8, 4) is 11.3 Å². The van der Waals surface area contributed by atoms with Gasteiger partial charge in [0.2, 0.25) is 5.91 Å². The highest BCUT2D eigenvalue weighted by Crippen LogP contribution is 2.23. The summed E-state index contributed by atoms with van der Waals surface area (Å²) in [7, 11) is 0. The lowest BCUT2D eigenvalue weighted by Gasteiger charge is -2.05. The van der Waals surface area contributed by atoms with Gasteiger partial charge in [-0.2, -0.15) is 0 Å². The number of thiophene rings is 1. The lowest BCUT2D eigenvalue weighted by molar-refractivity contribution is -0.113. The number of nitrogens with zero attached hydrogens (tertiary/aromatic N) is 1. The van der Waals surface area contributed by atoms with Crippen LogP contribution in [-0.2, 0) is 10.5 Å². The Labute approximate surface area is 147 Å². The second-order valence-corrected chi connectivity index (χ2v) is 8.03. The van der Waals surface area contributed by atoms with Crippen LogP contribution < -0.4 is 5.32 Å². The van der Waals surface area contributed by atoms with Crippen molar-refractivity contribution < 1.29 is 4.79 Å². The van der Waals surface area contributed by atoms with E-state index in [1.54, 1.807) is 34.4 Å². The molecule has 1 N–H and O–H groups in total. The summed E-state index contributed by atoms with van der Waals surface area (Å²) in [4.78, 5) is 17.7. The summed E-state index contributed by atoms with van der Waals surface area (Å²) in [6, 6.07) is 11.9. The highest BCUT2D eigenvalue weighted by molar-refractivity contribution is 7.99. The lowest BCUT2D eigenvalue weighted by Crippen LogP contribution is -2.13. The SMILES string of the molecule is Cc1nc(-c2ccc(NC(=O)CSCc3cccs3)cc2)cs1. The summed E-state index contributed by atoms with van der Waals surface area (Å²) in [6.07, 6.45) is 0. The van der Waals surface area contributed by atoms with Crippen LogP contribution in [0.5, 0.6) is 0 Å². The molecule has 0 aliphatic rings. The van der Waals surface area contributed by atoms with Crippen LogP contribution in [0, 0.1) is 6.92 Å². The van der Waals surface area contributed by atoms with E-state index < -0.39 is 0 Å². The van der Waals surface area contributed by atoms with Crippen molar-refractivity contribution in [1.82, 2.24) is 4.98 Å². The number of thioether (sulfide) groups is 1. The molecule has 0 fully saturated rings. The molecule has 1 amide bonds. The van der Waals surface area contributed by atoms with E-state index in [0.717, 1.165) is 27.7 Å². The van der Waals surface area contributed by atoms with Gasteiger partial charge < -0.3 is 5.32 Å². The average Bonchev–Trinajstić information content (AvgIpc) is 3.20. The molecule has 0 aliphatic heterocycles. The van der Waals surface area contributed by atoms with Crippen molar-refractivity contribution in [3.63, 3.8) is 0 Å². The van der Waals surface area contributed by atoms with Crippen molar-refractivity contribution in [2.75, 3.05) is 11.1 Å². The summed E-state index contributed by atoms with van der Waals surface area (Å²) in [5.74, 6) is 1.38. The van der Waals surface area contributed by atoms with Gasteiger partial charge >= 0.3 is 0 Å². The van der Waals surface area contributed by atoms with E-state index >= 15 is 0 Å². The van der Waals surface area contributed by atoms with Crippen molar-refractivity contribution >= 4 is 46.0 Å². The van der Waals surface area contributed by atoms with Crippen LogP contribution >= 0.6 is 34.4 Å². The number of hydrogen-bond donors (Lipinski definition) is 1. The maximum Gasteiger partial charge on any atom is 0.234 e. The molecular formula is C17H16N2OS3. The van der Waals surface area contributed by atoms with Crippen LogP contribution in [0.15, 0.2) is 47.2 Å². The Bertz CT molecular complexity index is 764. The van der Waals surface area contributed by atoms with Gasteiger partial charge in [-0.1, -0.05) is 18.2 Å². The summed E-state index contributed by atoms with van der Waals surface area (Å²) < 4.78 is 0. The number of hydrogen-bond acceptors (Lipinski definition) is 5. The number of anilines is 1. The van der Waals surface area contributed by atoms with E-state index in [2.05, 4.69) is 21.7 Å². The normalized spacial score (nSPS) is 10.7. The van der Waals surface area contributed by atoms with Gasteiger partial charge in [-0.3, -0.25) is 4.79 Å². The smallest absolute Gasteiger partial charge is 0.234 e. The average molecular weight is 361 g/mol. The van der Waals surface area contributed by atoms with Gasteiger partial charge in [0.05, 0.1) is 16.5 Å². The molecule has 2 aromatic heterocycles. The topological polar surface area (TPSA) is 42.0 Å². The molecule has 0 saturated carbocycles. The molecule has 0 bridgehead atoms. The minimum absolute atomic E-state index is 0.0313. The Kier molecular flexibility index (Phi) is 5.48. The molecule has 2 heterocycles. The fourth-order valence-electron chi connectivity index (χ4n) is 2.06. The van der Waals surface area contributed by atoms with Gasteiger partial charge in [-0.15, -0.1) is 34.4 Å². The summed E-state index contributed by atoms with van der Waals surface area (Å²) in [5.41, 5.74) is 2.87. The number of aromatic nitrogens is 1. The highest BCUT2D eigenvalue weighted by atomic mass is 32.2. The lowest BCUT2D eigenvalue weighted by atomic mass is 10.1. The minimum Gasteiger partial charge on any atom is -0.325 e. The first-order valence-corrected chi connectivity index (χ1v) is 10.0. The van der Waals surface area contributed by atoms with Crippen LogP contribution in [0.25, 0.3) is 11.3 Å². The molecule has 23 heavy (non-hydrogen) atoms. The van der Waals surface area contributed by atoms with Crippen LogP contribution in [0.4, 0.5) is 5.69 Å². The van der Waals surface area contributed by atoms with Crippen LogP contribution in [-0.4, -0.2) is 16.6 Å². The minimum atomic E-state index is 0.0313. The predicted molar refractivity (Wildman–Crippen MR) is 101 cm³/mol. The molecule has 0 radical (unpaired) electrons. The number of rotatable bonds is 6. The molecule has 0 aliphatic carbocycles. The van der Waals surface area contributed by atoms with E-state index in [1.165, 1.54) is 4.88 Å². The van der Waals surface area contributed by atoms with E-state index in [-0.39, 0.29) is 5.91 Å². The number of aryl methyl sites for hydroxylation is 1. The van der Waals surface area contributed by atoms with Crippen molar-refractivity contribution in [2.45, 2.75) is 12.7 Å². The third-order valence-electron chi connectivity index (χ3n) is 3.14. The van der Waals surface area contributed by atoms with Gasteiger partial charge in [0.15, 0.2) is 0 Å². The molecular weight excluding hydrogens is 344 g/mol. The summed E-state index contributed by atoms with van der Waals surface area (Å²) in [5, 5.41) is 8.09.